The Morgan fingerprint density at radius 1 is 1.23 bits per heavy atom. The second-order valence-corrected chi connectivity index (χ2v) is 8.25. The van der Waals surface area contributed by atoms with Gasteiger partial charge in [0.2, 0.25) is 0 Å². The van der Waals surface area contributed by atoms with Crippen LogP contribution in [0.1, 0.15) is 5.56 Å². The molecule has 2 heterocycles. The van der Waals surface area contributed by atoms with Crippen LogP contribution >= 0.6 is 15.9 Å². The van der Waals surface area contributed by atoms with Gasteiger partial charge in [-0.25, -0.2) is 9.97 Å². The van der Waals surface area contributed by atoms with Gasteiger partial charge in [0.05, 0.1) is 19.2 Å². The number of halogens is 1. The van der Waals surface area contributed by atoms with Gasteiger partial charge in [0.15, 0.2) is 11.5 Å². The molecule has 1 aromatic heterocycles. The van der Waals surface area contributed by atoms with Crippen LogP contribution < -0.4 is 14.8 Å². The molecule has 7 nitrogen and oxygen atoms in total. The minimum atomic E-state index is 0.0340. The summed E-state index contributed by atoms with van der Waals surface area (Å²) in [6, 6.07) is 9.89. The number of aryl methyl sites for hydroxylation is 1. The highest BCUT2D eigenvalue weighted by Crippen LogP contribution is 2.35. The Bertz CT molecular complexity index is 1050. The van der Waals surface area contributed by atoms with Crippen LogP contribution in [0, 0.1) is 6.92 Å². The van der Waals surface area contributed by atoms with Gasteiger partial charge in [-0.3, -0.25) is 0 Å². The SMILES string of the molecule is COc1cc2c(Nc3ccc(C)c(Br)c3)ncnc2cc1OCC1CN(C)CCO1. The van der Waals surface area contributed by atoms with E-state index in [-0.39, 0.29) is 6.10 Å². The first-order valence-electron chi connectivity index (χ1n) is 9.82. The molecule has 1 unspecified atom stereocenters. The predicted molar refractivity (Wildman–Crippen MR) is 121 cm³/mol. The van der Waals surface area contributed by atoms with Crippen molar-refractivity contribution in [3.63, 3.8) is 0 Å². The molecule has 158 valence electrons. The molecule has 4 rings (SSSR count). The van der Waals surface area contributed by atoms with Crippen molar-refractivity contribution in [3.8, 4) is 11.5 Å². The van der Waals surface area contributed by atoms with E-state index < -0.39 is 0 Å². The molecule has 0 spiro atoms. The molecule has 0 aliphatic carbocycles. The Balaban J connectivity index is 1.59. The molecule has 1 aliphatic rings. The van der Waals surface area contributed by atoms with Gasteiger partial charge in [0.1, 0.15) is 24.9 Å². The van der Waals surface area contributed by atoms with Gasteiger partial charge in [0, 0.05) is 34.7 Å². The fourth-order valence-electron chi connectivity index (χ4n) is 3.39. The zero-order valence-electron chi connectivity index (χ0n) is 17.3. The lowest BCUT2D eigenvalue weighted by Crippen LogP contribution is -2.42. The number of hydrogen-bond acceptors (Lipinski definition) is 7. The molecule has 3 aromatic rings. The number of ether oxygens (including phenoxy) is 3. The standard InChI is InChI=1S/C22H25BrN4O3/c1-14-4-5-15(8-18(14)23)26-22-17-9-20(28-3)21(10-19(17)24-13-25-22)30-12-16-11-27(2)6-7-29-16/h4-5,8-10,13,16H,6-7,11-12H2,1-3H3,(H,24,25,26). The Hall–Kier alpha value is -2.42. The van der Waals surface area contributed by atoms with Gasteiger partial charge in [-0.15, -0.1) is 0 Å². The first-order chi connectivity index (χ1) is 14.5. The molecule has 0 amide bonds. The highest BCUT2D eigenvalue weighted by atomic mass is 79.9. The first kappa shape index (κ1) is 20.8. The summed E-state index contributed by atoms with van der Waals surface area (Å²) in [6.45, 7) is 5.02. The second kappa shape index (κ2) is 9.16. The number of hydrogen-bond donors (Lipinski definition) is 1. The van der Waals surface area contributed by atoms with Crippen molar-refractivity contribution >= 4 is 38.3 Å². The number of nitrogens with zero attached hydrogens (tertiary/aromatic N) is 3. The van der Waals surface area contributed by atoms with E-state index in [4.69, 9.17) is 14.2 Å². The summed E-state index contributed by atoms with van der Waals surface area (Å²) in [6.07, 6.45) is 1.58. The van der Waals surface area contributed by atoms with Crippen LogP contribution in [0.15, 0.2) is 41.1 Å². The highest BCUT2D eigenvalue weighted by Gasteiger charge is 2.20. The summed E-state index contributed by atoms with van der Waals surface area (Å²) in [5, 5.41) is 4.23. The van der Waals surface area contributed by atoms with E-state index in [0.29, 0.717) is 23.9 Å². The number of morpholine rings is 1. The maximum absolute atomic E-state index is 6.05. The van der Waals surface area contributed by atoms with E-state index in [1.807, 2.05) is 30.3 Å². The van der Waals surface area contributed by atoms with Crippen LogP contribution in [0.4, 0.5) is 11.5 Å². The molecule has 1 N–H and O–H groups in total. The zero-order valence-corrected chi connectivity index (χ0v) is 18.9. The number of likely N-dealkylation sites (N-methyl/N-ethyl adjacent to an activating group) is 1. The summed E-state index contributed by atoms with van der Waals surface area (Å²) in [4.78, 5) is 11.1. The Morgan fingerprint density at radius 2 is 2.10 bits per heavy atom. The number of benzene rings is 2. The molecule has 0 saturated carbocycles. The minimum absolute atomic E-state index is 0.0340. The molecular weight excluding hydrogens is 448 g/mol. The van der Waals surface area contributed by atoms with Gasteiger partial charge < -0.3 is 24.4 Å². The third kappa shape index (κ3) is 4.66. The topological polar surface area (TPSA) is 68.7 Å². The third-order valence-corrected chi connectivity index (χ3v) is 5.98. The summed E-state index contributed by atoms with van der Waals surface area (Å²) >= 11 is 3.57. The van der Waals surface area contributed by atoms with Crippen molar-refractivity contribution in [3.05, 3.63) is 46.7 Å². The highest BCUT2D eigenvalue weighted by molar-refractivity contribution is 9.10. The molecule has 0 bridgehead atoms. The largest absolute Gasteiger partial charge is 0.493 e. The van der Waals surface area contributed by atoms with Crippen molar-refractivity contribution in [2.45, 2.75) is 13.0 Å². The second-order valence-electron chi connectivity index (χ2n) is 7.40. The van der Waals surface area contributed by atoms with Crippen molar-refractivity contribution in [1.82, 2.24) is 14.9 Å². The number of nitrogens with one attached hydrogen (secondary N) is 1. The minimum Gasteiger partial charge on any atom is -0.493 e. The van der Waals surface area contributed by atoms with E-state index in [1.165, 1.54) is 5.56 Å². The maximum atomic E-state index is 6.05. The number of methoxy groups -OCH3 is 1. The zero-order chi connectivity index (χ0) is 21.1. The Labute approximate surface area is 184 Å². The Morgan fingerprint density at radius 3 is 2.87 bits per heavy atom. The van der Waals surface area contributed by atoms with E-state index in [9.17, 15) is 0 Å². The molecule has 30 heavy (non-hydrogen) atoms. The van der Waals surface area contributed by atoms with Crippen LogP contribution in [0.2, 0.25) is 0 Å². The normalized spacial score (nSPS) is 17.1. The molecular formula is C22H25BrN4O3. The van der Waals surface area contributed by atoms with Gasteiger partial charge in [-0.05, 0) is 37.7 Å². The van der Waals surface area contributed by atoms with Crippen molar-refractivity contribution in [2.24, 2.45) is 0 Å². The van der Waals surface area contributed by atoms with Crippen LogP contribution in [0.5, 0.6) is 11.5 Å². The molecule has 0 radical (unpaired) electrons. The molecule has 8 heteroatoms. The lowest BCUT2D eigenvalue weighted by atomic mass is 10.2. The van der Waals surface area contributed by atoms with Crippen LogP contribution in [0.25, 0.3) is 10.9 Å². The van der Waals surface area contributed by atoms with Crippen LogP contribution in [0.3, 0.4) is 0 Å². The van der Waals surface area contributed by atoms with E-state index >= 15 is 0 Å². The van der Waals surface area contributed by atoms with Gasteiger partial charge >= 0.3 is 0 Å². The lowest BCUT2D eigenvalue weighted by Gasteiger charge is -2.30. The van der Waals surface area contributed by atoms with Gasteiger partial charge in [-0.1, -0.05) is 22.0 Å². The fourth-order valence-corrected chi connectivity index (χ4v) is 3.77. The molecule has 2 aromatic carbocycles. The van der Waals surface area contributed by atoms with E-state index in [1.54, 1.807) is 13.4 Å². The van der Waals surface area contributed by atoms with Gasteiger partial charge in [0.25, 0.3) is 0 Å². The fraction of sp³-hybridized carbons (Fsp3) is 0.364. The van der Waals surface area contributed by atoms with Crippen molar-refractivity contribution < 1.29 is 14.2 Å². The number of fused-ring (bicyclic) bond motifs is 1. The van der Waals surface area contributed by atoms with Crippen LogP contribution in [-0.4, -0.2) is 61.4 Å². The van der Waals surface area contributed by atoms with Crippen molar-refractivity contribution in [1.29, 1.82) is 0 Å². The monoisotopic (exact) mass is 472 g/mol. The average molecular weight is 473 g/mol. The Kier molecular flexibility index (Phi) is 6.36. The van der Waals surface area contributed by atoms with Gasteiger partial charge in [-0.2, -0.15) is 0 Å². The molecule has 1 atom stereocenters. The number of rotatable bonds is 6. The number of anilines is 2. The van der Waals surface area contributed by atoms with Crippen LogP contribution in [-0.2, 0) is 4.74 Å². The molecule has 1 fully saturated rings. The maximum Gasteiger partial charge on any atom is 0.163 e. The first-order valence-corrected chi connectivity index (χ1v) is 10.6. The van der Waals surface area contributed by atoms with E-state index in [2.05, 4.69) is 50.1 Å². The van der Waals surface area contributed by atoms with E-state index in [0.717, 1.165) is 40.8 Å². The third-order valence-electron chi connectivity index (χ3n) is 5.12. The lowest BCUT2D eigenvalue weighted by molar-refractivity contribution is -0.0406. The summed E-state index contributed by atoms with van der Waals surface area (Å²) in [5.41, 5.74) is 2.88. The van der Waals surface area contributed by atoms with Crippen molar-refractivity contribution in [2.75, 3.05) is 45.8 Å². The summed E-state index contributed by atoms with van der Waals surface area (Å²) in [7, 11) is 3.72. The number of aromatic nitrogens is 2. The summed E-state index contributed by atoms with van der Waals surface area (Å²) < 4.78 is 18.5. The smallest absolute Gasteiger partial charge is 0.163 e. The summed E-state index contributed by atoms with van der Waals surface area (Å²) in [5.74, 6) is 1.98. The quantitative estimate of drug-likeness (QED) is 0.577. The molecule has 1 saturated heterocycles. The predicted octanol–water partition coefficient (Wildman–Crippen LogP) is 4.16. The average Bonchev–Trinajstić information content (AvgIpc) is 2.74. The molecule has 1 aliphatic heterocycles.